The number of rotatable bonds is 3. The Hall–Kier alpha value is -0.500. The molecule has 0 bridgehead atoms. The zero-order valence-electron chi connectivity index (χ0n) is 9.22. The van der Waals surface area contributed by atoms with Crippen LogP contribution >= 0.6 is 15.9 Å². The molecular formula is C13H18BrN. The van der Waals surface area contributed by atoms with Gasteiger partial charge in [0, 0.05) is 16.7 Å². The molecule has 2 rings (SSSR count). The maximum absolute atomic E-state index is 3.54. The van der Waals surface area contributed by atoms with E-state index in [1.165, 1.54) is 36.9 Å². The van der Waals surface area contributed by atoms with E-state index in [-0.39, 0.29) is 0 Å². The van der Waals surface area contributed by atoms with E-state index in [4.69, 9.17) is 0 Å². The Morgan fingerprint density at radius 1 is 1.27 bits per heavy atom. The molecule has 1 nitrogen and oxygen atoms in total. The van der Waals surface area contributed by atoms with Gasteiger partial charge in [0.15, 0.2) is 0 Å². The Balaban J connectivity index is 1.92. The smallest absolute Gasteiger partial charge is 0.0354 e. The lowest BCUT2D eigenvalue weighted by molar-refractivity contribution is 0.580. The Labute approximate surface area is 100 Å². The summed E-state index contributed by atoms with van der Waals surface area (Å²) in [5.41, 5.74) is 2.55. The molecule has 0 aromatic heterocycles. The van der Waals surface area contributed by atoms with Gasteiger partial charge in [-0.25, -0.2) is 0 Å². The molecule has 1 aromatic rings. The minimum atomic E-state index is 0.893. The summed E-state index contributed by atoms with van der Waals surface area (Å²) in [6.07, 6.45) is 5.65. The Morgan fingerprint density at radius 2 is 2.00 bits per heavy atom. The molecule has 0 aliphatic heterocycles. The van der Waals surface area contributed by atoms with Crippen molar-refractivity contribution in [1.29, 1.82) is 0 Å². The normalized spacial score (nSPS) is 16.9. The van der Waals surface area contributed by atoms with Crippen molar-refractivity contribution < 1.29 is 0 Å². The van der Waals surface area contributed by atoms with Gasteiger partial charge < -0.3 is 5.32 Å². The van der Waals surface area contributed by atoms with E-state index in [2.05, 4.69) is 46.4 Å². The summed E-state index contributed by atoms with van der Waals surface area (Å²) in [4.78, 5) is 0. The minimum absolute atomic E-state index is 0.893. The quantitative estimate of drug-likeness (QED) is 0.858. The van der Waals surface area contributed by atoms with Crippen molar-refractivity contribution in [2.75, 3.05) is 11.9 Å². The van der Waals surface area contributed by atoms with E-state index < -0.39 is 0 Å². The largest absolute Gasteiger partial charge is 0.385 e. The van der Waals surface area contributed by atoms with Crippen molar-refractivity contribution in [2.24, 2.45) is 5.92 Å². The SMILES string of the molecule is Cc1cc(Br)cc(NCC2CCCC2)c1. The van der Waals surface area contributed by atoms with Crippen LogP contribution in [0.25, 0.3) is 0 Å². The first-order chi connectivity index (χ1) is 7.24. The molecule has 0 heterocycles. The van der Waals surface area contributed by atoms with Gasteiger partial charge in [-0.05, 0) is 49.4 Å². The molecule has 1 aliphatic carbocycles. The number of halogens is 1. The molecule has 1 N–H and O–H groups in total. The van der Waals surface area contributed by atoms with Crippen molar-refractivity contribution in [2.45, 2.75) is 32.6 Å². The fourth-order valence-electron chi connectivity index (χ4n) is 2.32. The molecule has 1 aromatic carbocycles. The topological polar surface area (TPSA) is 12.0 Å². The number of hydrogen-bond donors (Lipinski definition) is 1. The van der Waals surface area contributed by atoms with E-state index in [9.17, 15) is 0 Å². The van der Waals surface area contributed by atoms with Crippen LogP contribution in [0.2, 0.25) is 0 Å². The van der Waals surface area contributed by atoms with Gasteiger partial charge in [0.2, 0.25) is 0 Å². The van der Waals surface area contributed by atoms with Crippen LogP contribution in [0.15, 0.2) is 22.7 Å². The number of anilines is 1. The van der Waals surface area contributed by atoms with Gasteiger partial charge in [-0.2, -0.15) is 0 Å². The predicted molar refractivity (Wildman–Crippen MR) is 69.3 cm³/mol. The molecule has 82 valence electrons. The fraction of sp³-hybridized carbons (Fsp3) is 0.538. The van der Waals surface area contributed by atoms with Crippen LogP contribution in [-0.2, 0) is 0 Å². The van der Waals surface area contributed by atoms with Crippen LogP contribution in [0.4, 0.5) is 5.69 Å². The molecule has 0 atom stereocenters. The van der Waals surface area contributed by atoms with E-state index in [0.717, 1.165) is 16.9 Å². The Kier molecular flexibility index (Phi) is 3.68. The zero-order chi connectivity index (χ0) is 10.7. The lowest BCUT2D eigenvalue weighted by Gasteiger charge is -2.12. The van der Waals surface area contributed by atoms with Crippen LogP contribution in [0, 0.1) is 12.8 Å². The van der Waals surface area contributed by atoms with Crippen molar-refractivity contribution in [1.82, 2.24) is 0 Å². The molecule has 2 heteroatoms. The van der Waals surface area contributed by atoms with Crippen LogP contribution < -0.4 is 5.32 Å². The molecule has 0 unspecified atom stereocenters. The second-order valence-corrected chi connectivity index (χ2v) is 5.46. The third-order valence-electron chi connectivity index (χ3n) is 3.11. The average molecular weight is 268 g/mol. The van der Waals surface area contributed by atoms with E-state index in [0.29, 0.717) is 0 Å². The van der Waals surface area contributed by atoms with Gasteiger partial charge in [0.1, 0.15) is 0 Å². The summed E-state index contributed by atoms with van der Waals surface area (Å²) in [5.74, 6) is 0.893. The van der Waals surface area contributed by atoms with Crippen molar-refractivity contribution in [3.63, 3.8) is 0 Å². The van der Waals surface area contributed by atoms with Crippen LogP contribution in [0.3, 0.4) is 0 Å². The second kappa shape index (κ2) is 5.02. The predicted octanol–water partition coefficient (Wildman–Crippen LogP) is 4.36. The Bertz CT molecular complexity index is 309. The highest BCUT2D eigenvalue weighted by Crippen LogP contribution is 2.26. The van der Waals surface area contributed by atoms with Gasteiger partial charge in [0.25, 0.3) is 0 Å². The summed E-state index contributed by atoms with van der Waals surface area (Å²) < 4.78 is 1.16. The third kappa shape index (κ3) is 3.23. The maximum Gasteiger partial charge on any atom is 0.0354 e. The summed E-state index contributed by atoms with van der Waals surface area (Å²) in [5, 5.41) is 3.54. The average Bonchev–Trinajstić information content (AvgIpc) is 2.65. The summed E-state index contributed by atoms with van der Waals surface area (Å²) in [6, 6.07) is 6.50. The monoisotopic (exact) mass is 267 g/mol. The number of aryl methyl sites for hydroxylation is 1. The fourth-order valence-corrected chi connectivity index (χ4v) is 2.92. The molecule has 0 radical (unpaired) electrons. The van der Waals surface area contributed by atoms with E-state index in [1.54, 1.807) is 0 Å². The summed E-state index contributed by atoms with van der Waals surface area (Å²) >= 11 is 3.53. The zero-order valence-corrected chi connectivity index (χ0v) is 10.8. The third-order valence-corrected chi connectivity index (χ3v) is 3.57. The standard InChI is InChI=1S/C13H18BrN/c1-10-6-12(14)8-13(7-10)15-9-11-4-2-3-5-11/h6-8,11,15H,2-5,9H2,1H3. The van der Waals surface area contributed by atoms with Gasteiger partial charge in [-0.1, -0.05) is 28.8 Å². The van der Waals surface area contributed by atoms with Gasteiger partial charge >= 0.3 is 0 Å². The first-order valence-electron chi connectivity index (χ1n) is 5.75. The van der Waals surface area contributed by atoms with Crippen molar-refractivity contribution in [3.8, 4) is 0 Å². The highest BCUT2D eigenvalue weighted by molar-refractivity contribution is 9.10. The van der Waals surface area contributed by atoms with Crippen LogP contribution in [-0.4, -0.2) is 6.54 Å². The second-order valence-electron chi connectivity index (χ2n) is 4.55. The highest BCUT2D eigenvalue weighted by atomic mass is 79.9. The Morgan fingerprint density at radius 3 is 2.67 bits per heavy atom. The lowest BCUT2D eigenvalue weighted by Crippen LogP contribution is -2.10. The number of hydrogen-bond acceptors (Lipinski definition) is 1. The summed E-state index contributed by atoms with van der Waals surface area (Å²) in [6.45, 7) is 3.27. The number of nitrogens with one attached hydrogen (secondary N) is 1. The molecule has 0 saturated heterocycles. The van der Waals surface area contributed by atoms with Crippen LogP contribution in [0.1, 0.15) is 31.2 Å². The molecule has 1 aliphatic rings. The van der Waals surface area contributed by atoms with E-state index >= 15 is 0 Å². The van der Waals surface area contributed by atoms with E-state index in [1.807, 2.05) is 0 Å². The van der Waals surface area contributed by atoms with Crippen molar-refractivity contribution in [3.05, 3.63) is 28.2 Å². The first-order valence-corrected chi connectivity index (χ1v) is 6.54. The first kappa shape index (κ1) is 11.0. The molecule has 15 heavy (non-hydrogen) atoms. The molecule has 0 spiro atoms. The molecule has 0 amide bonds. The molecule has 1 fully saturated rings. The van der Waals surface area contributed by atoms with Gasteiger partial charge in [-0.3, -0.25) is 0 Å². The van der Waals surface area contributed by atoms with Gasteiger partial charge in [0.05, 0.1) is 0 Å². The molecular weight excluding hydrogens is 250 g/mol. The van der Waals surface area contributed by atoms with Crippen molar-refractivity contribution >= 4 is 21.6 Å². The number of benzene rings is 1. The van der Waals surface area contributed by atoms with Gasteiger partial charge in [-0.15, -0.1) is 0 Å². The lowest BCUT2D eigenvalue weighted by atomic mass is 10.1. The van der Waals surface area contributed by atoms with Crippen LogP contribution in [0.5, 0.6) is 0 Å². The summed E-state index contributed by atoms with van der Waals surface area (Å²) in [7, 11) is 0. The highest BCUT2D eigenvalue weighted by Gasteiger charge is 2.14. The maximum atomic E-state index is 3.54. The molecule has 1 saturated carbocycles. The minimum Gasteiger partial charge on any atom is -0.385 e.